The van der Waals surface area contributed by atoms with Crippen LogP contribution in [0.1, 0.15) is 0 Å². The standard InChI is InChI=1S/C11H9N3O2S/c1-16-11-13-14-6-8(12-10(14)17-11)7-4-2-3-5-9(7)15/h2-6,15H,1H3. The molecule has 1 N–H and O–H groups in total. The third kappa shape index (κ3) is 1.62. The van der Waals surface area contributed by atoms with Crippen molar-refractivity contribution in [3.05, 3.63) is 30.5 Å². The highest BCUT2D eigenvalue weighted by molar-refractivity contribution is 7.18. The largest absolute Gasteiger partial charge is 0.507 e. The van der Waals surface area contributed by atoms with Crippen molar-refractivity contribution < 1.29 is 9.84 Å². The van der Waals surface area contributed by atoms with Gasteiger partial charge in [-0.25, -0.2) is 9.50 Å². The lowest BCUT2D eigenvalue weighted by atomic mass is 10.1. The number of hydrogen-bond acceptors (Lipinski definition) is 5. The number of nitrogens with zero attached hydrogens (tertiary/aromatic N) is 3. The summed E-state index contributed by atoms with van der Waals surface area (Å²) < 4.78 is 6.67. The van der Waals surface area contributed by atoms with Crippen molar-refractivity contribution >= 4 is 16.3 Å². The molecule has 0 saturated heterocycles. The number of methoxy groups -OCH3 is 1. The van der Waals surface area contributed by atoms with Crippen LogP contribution in [-0.4, -0.2) is 26.8 Å². The first kappa shape index (κ1) is 10.1. The summed E-state index contributed by atoms with van der Waals surface area (Å²) in [5, 5.41) is 14.5. The summed E-state index contributed by atoms with van der Waals surface area (Å²) in [6.07, 6.45) is 1.77. The van der Waals surface area contributed by atoms with Gasteiger partial charge < -0.3 is 9.84 Å². The van der Waals surface area contributed by atoms with Gasteiger partial charge in [0.05, 0.1) is 19.0 Å². The van der Waals surface area contributed by atoms with E-state index in [9.17, 15) is 5.11 Å². The SMILES string of the molecule is COc1nn2cc(-c3ccccc3O)nc2s1. The summed E-state index contributed by atoms with van der Waals surface area (Å²) in [5.74, 6) is 0.213. The van der Waals surface area contributed by atoms with Gasteiger partial charge in [0.15, 0.2) is 0 Å². The molecule has 0 bridgehead atoms. The van der Waals surface area contributed by atoms with Crippen molar-refractivity contribution in [1.82, 2.24) is 14.6 Å². The van der Waals surface area contributed by atoms with Crippen LogP contribution in [0.25, 0.3) is 16.2 Å². The first-order chi connectivity index (χ1) is 8.28. The Hall–Kier alpha value is -2.08. The van der Waals surface area contributed by atoms with Crippen LogP contribution < -0.4 is 4.74 Å². The van der Waals surface area contributed by atoms with Crippen LogP contribution >= 0.6 is 11.3 Å². The monoisotopic (exact) mass is 247 g/mol. The summed E-state index contributed by atoms with van der Waals surface area (Å²) in [7, 11) is 1.57. The quantitative estimate of drug-likeness (QED) is 0.754. The second-order valence-corrected chi connectivity index (χ2v) is 4.36. The fourth-order valence-electron chi connectivity index (χ4n) is 1.58. The Morgan fingerprint density at radius 2 is 2.18 bits per heavy atom. The Balaban J connectivity index is 2.13. The van der Waals surface area contributed by atoms with Crippen LogP contribution in [0.5, 0.6) is 10.9 Å². The van der Waals surface area contributed by atoms with Gasteiger partial charge in [0.1, 0.15) is 5.75 Å². The third-order valence-electron chi connectivity index (χ3n) is 2.38. The highest BCUT2D eigenvalue weighted by Gasteiger charge is 2.11. The van der Waals surface area contributed by atoms with E-state index < -0.39 is 0 Å². The fourth-order valence-corrected chi connectivity index (χ4v) is 2.28. The predicted molar refractivity (Wildman–Crippen MR) is 64.5 cm³/mol. The van der Waals surface area contributed by atoms with Crippen LogP contribution in [0.4, 0.5) is 0 Å². The zero-order chi connectivity index (χ0) is 11.8. The molecule has 0 aliphatic carbocycles. The van der Waals surface area contributed by atoms with Crippen LogP contribution in [0, 0.1) is 0 Å². The number of phenols is 1. The molecule has 1 aromatic carbocycles. The number of ether oxygens (including phenoxy) is 1. The fraction of sp³-hybridized carbons (Fsp3) is 0.0909. The highest BCUT2D eigenvalue weighted by Crippen LogP contribution is 2.30. The number of aromatic hydroxyl groups is 1. The average molecular weight is 247 g/mol. The molecule has 0 aliphatic heterocycles. The van der Waals surface area contributed by atoms with Crippen molar-refractivity contribution in [3.63, 3.8) is 0 Å². The molecular formula is C11H9N3O2S. The van der Waals surface area contributed by atoms with Gasteiger partial charge in [0, 0.05) is 5.56 Å². The second kappa shape index (κ2) is 3.74. The Kier molecular flexibility index (Phi) is 2.22. The number of fused-ring (bicyclic) bond motifs is 1. The van der Waals surface area contributed by atoms with Crippen LogP contribution in [0.3, 0.4) is 0 Å². The summed E-state index contributed by atoms with van der Waals surface area (Å²) >= 11 is 1.36. The van der Waals surface area contributed by atoms with Crippen LogP contribution in [-0.2, 0) is 0 Å². The van der Waals surface area contributed by atoms with Gasteiger partial charge in [-0.1, -0.05) is 12.1 Å². The number of phenolic OH excluding ortho intramolecular Hbond substituents is 1. The molecule has 0 radical (unpaired) electrons. The van der Waals surface area contributed by atoms with E-state index in [1.165, 1.54) is 11.3 Å². The summed E-state index contributed by atoms with van der Waals surface area (Å²) in [6.45, 7) is 0. The minimum Gasteiger partial charge on any atom is -0.507 e. The van der Waals surface area contributed by atoms with Gasteiger partial charge in [-0.05, 0) is 23.5 Å². The molecular weight excluding hydrogens is 238 g/mol. The normalized spacial score (nSPS) is 10.9. The molecule has 0 saturated carbocycles. The predicted octanol–water partition coefficient (Wildman–Crippen LogP) is 2.17. The van der Waals surface area contributed by atoms with Crippen molar-refractivity contribution in [2.75, 3.05) is 7.11 Å². The summed E-state index contributed by atoms with van der Waals surface area (Å²) in [4.78, 5) is 5.13. The first-order valence-electron chi connectivity index (χ1n) is 4.96. The number of rotatable bonds is 2. The number of imidazole rings is 1. The van der Waals surface area contributed by atoms with Gasteiger partial charge in [0.25, 0.3) is 5.19 Å². The molecule has 2 aromatic heterocycles. The van der Waals surface area contributed by atoms with Gasteiger partial charge in [-0.15, -0.1) is 5.10 Å². The molecule has 3 rings (SSSR count). The van der Waals surface area contributed by atoms with E-state index in [2.05, 4.69) is 10.1 Å². The average Bonchev–Trinajstić information content (AvgIpc) is 2.86. The molecule has 5 nitrogen and oxygen atoms in total. The molecule has 2 heterocycles. The number of para-hydroxylation sites is 1. The van der Waals surface area contributed by atoms with Crippen LogP contribution in [0.15, 0.2) is 30.5 Å². The van der Waals surface area contributed by atoms with E-state index >= 15 is 0 Å². The van der Waals surface area contributed by atoms with E-state index in [1.54, 1.807) is 30.0 Å². The molecule has 0 fully saturated rings. The van der Waals surface area contributed by atoms with E-state index in [0.717, 1.165) is 4.96 Å². The van der Waals surface area contributed by atoms with Gasteiger partial charge in [0.2, 0.25) is 4.96 Å². The summed E-state index contributed by atoms with van der Waals surface area (Å²) in [5.41, 5.74) is 1.40. The lowest BCUT2D eigenvalue weighted by molar-refractivity contribution is 0.405. The second-order valence-electron chi connectivity index (χ2n) is 3.44. The van der Waals surface area contributed by atoms with Gasteiger partial charge in [-0.2, -0.15) is 0 Å². The van der Waals surface area contributed by atoms with Crippen molar-refractivity contribution in [3.8, 4) is 22.2 Å². The van der Waals surface area contributed by atoms with Gasteiger partial charge >= 0.3 is 0 Å². The molecule has 0 aliphatic rings. The van der Waals surface area contributed by atoms with Crippen molar-refractivity contribution in [2.24, 2.45) is 0 Å². The Morgan fingerprint density at radius 3 is 2.88 bits per heavy atom. The molecule has 3 aromatic rings. The zero-order valence-electron chi connectivity index (χ0n) is 8.99. The highest BCUT2D eigenvalue weighted by atomic mass is 32.1. The van der Waals surface area contributed by atoms with Crippen molar-refractivity contribution in [2.45, 2.75) is 0 Å². The van der Waals surface area contributed by atoms with E-state index in [-0.39, 0.29) is 5.75 Å². The van der Waals surface area contributed by atoms with E-state index in [1.807, 2.05) is 12.1 Å². The Bertz CT molecular complexity index is 643. The molecule has 86 valence electrons. The molecule has 0 atom stereocenters. The number of hydrogen-bond donors (Lipinski definition) is 1. The molecule has 6 heteroatoms. The maximum atomic E-state index is 9.74. The minimum absolute atomic E-state index is 0.213. The molecule has 17 heavy (non-hydrogen) atoms. The maximum Gasteiger partial charge on any atom is 0.294 e. The number of benzene rings is 1. The maximum absolute atomic E-state index is 9.74. The molecule has 0 unspecified atom stereocenters. The molecule has 0 amide bonds. The lowest BCUT2D eigenvalue weighted by Gasteiger charge is -1.98. The smallest absolute Gasteiger partial charge is 0.294 e. The van der Waals surface area contributed by atoms with Crippen molar-refractivity contribution in [1.29, 1.82) is 0 Å². The van der Waals surface area contributed by atoms with Crippen LogP contribution in [0.2, 0.25) is 0 Å². The lowest BCUT2D eigenvalue weighted by Crippen LogP contribution is -1.84. The van der Waals surface area contributed by atoms with E-state index in [4.69, 9.17) is 4.74 Å². The summed E-state index contributed by atoms with van der Waals surface area (Å²) in [6, 6.07) is 7.09. The molecule has 0 spiro atoms. The minimum atomic E-state index is 0.213. The number of aromatic nitrogens is 3. The van der Waals surface area contributed by atoms with Gasteiger partial charge in [-0.3, -0.25) is 0 Å². The Labute approximate surface area is 101 Å². The van der Waals surface area contributed by atoms with E-state index in [0.29, 0.717) is 16.5 Å². The Morgan fingerprint density at radius 1 is 1.35 bits per heavy atom. The first-order valence-corrected chi connectivity index (χ1v) is 5.78. The zero-order valence-corrected chi connectivity index (χ0v) is 9.81. The topological polar surface area (TPSA) is 59.7 Å². The third-order valence-corrected chi connectivity index (χ3v) is 3.26.